The number of aromatic nitrogens is 2. The summed E-state index contributed by atoms with van der Waals surface area (Å²) in [7, 11) is 1.46. The third kappa shape index (κ3) is 5.20. The molecule has 1 aromatic heterocycles. The van der Waals surface area contributed by atoms with E-state index in [1.165, 1.54) is 7.05 Å². The summed E-state index contributed by atoms with van der Waals surface area (Å²) in [6, 6.07) is -0.680. The second-order valence-electron chi connectivity index (χ2n) is 6.53. The highest BCUT2D eigenvalue weighted by Gasteiger charge is 2.34. The van der Waals surface area contributed by atoms with Gasteiger partial charge in [-0.3, -0.25) is 14.7 Å². The van der Waals surface area contributed by atoms with Gasteiger partial charge in [0.2, 0.25) is 11.8 Å². The standard InChI is InChI=1S/C16H26N6O3/c1-11-5-6-22(15(24)4-3-12-7-19-20-8-12)13(11)9-18-14(23)10-21(2)16(17)25/h7-8,11,13H,3-6,9-10H2,1-2H3,(H2,17,25)(H,18,23)(H,19,20). The van der Waals surface area contributed by atoms with E-state index in [1.54, 1.807) is 12.4 Å². The topological polar surface area (TPSA) is 124 Å². The number of nitrogens with one attached hydrogen (secondary N) is 2. The molecule has 25 heavy (non-hydrogen) atoms. The molecule has 9 nitrogen and oxygen atoms in total. The number of nitrogens with zero attached hydrogens (tertiary/aromatic N) is 3. The summed E-state index contributed by atoms with van der Waals surface area (Å²) >= 11 is 0. The zero-order valence-corrected chi connectivity index (χ0v) is 14.7. The van der Waals surface area contributed by atoms with Crippen molar-refractivity contribution in [1.29, 1.82) is 0 Å². The summed E-state index contributed by atoms with van der Waals surface area (Å²) in [4.78, 5) is 38.4. The summed E-state index contributed by atoms with van der Waals surface area (Å²) in [6.07, 6.45) is 5.47. The lowest BCUT2D eigenvalue weighted by Crippen LogP contribution is -2.48. The SMILES string of the molecule is CC1CCN(C(=O)CCc2cn[nH]c2)C1CNC(=O)CN(C)C(N)=O. The maximum Gasteiger partial charge on any atom is 0.314 e. The van der Waals surface area contributed by atoms with Gasteiger partial charge in [0.05, 0.1) is 12.2 Å². The Bertz CT molecular complexity index is 603. The molecule has 0 bridgehead atoms. The van der Waals surface area contributed by atoms with Crippen molar-refractivity contribution in [2.75, 3.05) is 26.7 Å². The smallest absolute Gasteiger partial charge is 0.314 e. The number of amides is 4. The maximum absolute atomic E-state index is 12.5. The molecule has 9 heteroatoms. The second kappa shape index (κ2) is 8.50. The monoisotopic (exact) mass is 350 g/mol. The summed E-state index contributed by atoms with van der Waals surface area (Å²) < 4.78 is 0. The lowest BCUT2D eigenvalue weighted by molar-refractivity contribution is -0.133. The van der Waals surface area contributed by atoms with Crippen molar-refractivity contribution in [3.8, 4) is 0 Å². The number of aromatic amines is 1. The van der Waals surface area contributed by atoms with E-state index in [2.05, 4.69) is 22.4 Å². The van der Waals surface area contributed by atoms with Crippen LogP contribution in [0.15, 0.2) is 12.4 Å². The zero-order chi connectivity index (χ0) is 18.4. The van der Waals surface area contributed by atoms with Gasteiger partial charge in [-0.15, -0.1) is 0 Å². The molecule has 1 fully saturated rings. The van der Waals surface area contributed by atoms with E-state index in [4.69, 9.17) is 5.73 Å². The van der Waals surface area contributed by atoms with E-state index in [0.717, 1.165) is 16.9 Å². The van der Waals surface area contributed by atoms with Crippen LogP contribution in [0.2, 0.25) is 0 Å². The van der Waals surface area contributed by atoms with Crippen LogP contribution in [-0.2, 0) is 16.0 Å². The van der Waals surface area contributed by atoms with Crippen molar-refractivity contribution >= 4 is 17.8 Å². The lowest BCUT2D eigenvalue weighted by Gasteiger charge is -2.27. The van der Waals surface area contributed by atoms with Gasteiger partial charge >= 0.3 is 6.03 Å². The minimum Gasteiger partial charge on any atom is -0.352 e. The van der Waals surface area contributed by atoms with Gasteiger partial charge in [-0.25, -0.2) is 4.79 Å². The number of likely N-dealkylation sites (tertiary alicyclic amines) is 1. The van der Waals surface area contributed by atoms with Crippen molar-refractivity contribution in [3.05, 3.63) is 18.0 Å². The molecule has 1 aliphatic heterocycles. The number of carbonyl (C=O) groups is 3. The highest BCUT2D eigenvalue weighted by Crippen LogP contribution is 2.24. The van der Waals surface area contributed by atoms with Gasteiger partial charge in [0.15, 0.2) is 0 Å². The van der Waals surface area contributed by atoms with Crippen LogP contribution < -0.4 is 11.1 Å². The average molecular weight is 350 g/mol. The Morgan fingerprint density at radius 3 is 2.88 bits per heavy atom. The molecular formula is C16H26N6O3. The number of aryl methyl sites for hydroxylation is 1. The van der Waals surface area contributed by atoms with Gasteiger partial charge in [-0.05, 0) is 24.3 Å². The van der Waals surface area contributed by atoms with Gasteiger partial charge in [0.1, 0.15) is 6.54 Å². The highest BCUT2D eigenvalue weighted by molar-refractivity contribution is 5.83. The molecule has 1 aromatic rings. The number of rotatable bonds is 7. The van der Waals surface area contributed by atoms with Gasteiger partial charge in [0, 0.05) is 32.8 Å². The lowest BCUT2D eigenvalue weighted by atomic mass is 10.0. The number of hydrogen-bond donors (Lipinski definition) is 3. The molecule has 1 saturated heterocycles. The molecule has 2 heterocycles. The molecule has 4 N–H and O–H groups in total. The Kier molecular flexibility index (Phi) is 6.37. The summed E-state index contributed by atoms with van der Waals surface area (Å²) in [6.45, 7) is 3.07. The first-order valence-electron chi connectivity index (χ1n) is 8.43. The predicted molar refractivity (Wildman–Crippen MR) is 91.4 cm³/mol. The number of nitrogens with two attached hydrogens (primary N) is 1. The average Bonchev–Trinajstić information content (AvgIpc) is 3.20. The van der Waals surface area contributed by atoms with Crippen molar-refractivity contribution in [2.24, 2.45) is 11.7 Å². The minimum atomic E-state index is -0.652. The van der Waals surface area contributed by atoms with Crippen molar-refractivity contribution in [1.82, 2.24) is 25.3 Å². The molecule has 138 valence electrons. The molecule has 0 saturated carbocycles. The Hall–Kier alpha value is -2.58. The molecule has 1 aliphatic rings. The van der Waals surface area contributed by atoms with Crippen LogP contribution in [0.25, 0.3) is 0 Å². The van der Waals surface area contributed by atoms with Gasteiger partial charge in [-0.1, -0.05) is 6.92 Å². The third-order valence-electron chi connectivity index (χ3n) is 4.65. The molecule has 0 spiro atoms. The van der Waals surface area contributed by atoms with E-state index in [1.807, 2.05) is 4.90 Å². The van der Waals surface area contributed by atoms with Crippen LogP contribution in [0.1, 0.15) is 25.3 Å². The van der Waals surface area contributed by atoms with Gasteiger partial charge in [0.25, 0.3) is 0 Å². The largest absolute Gasteiger partial charge is 0.352 e. The number of primary amides is 1. The minimum absolute atomic E-state index is 0.0281. The van der Waals surface area contributed by atoms with Crippen LogP contribution in [0.3, 0.4) is 0 Å². The van der Waals surface area contributed by atoms with Crippen LogP contribution in [0, 0.1) is 5.92 Å². The Labute approximate surface area is 146 Å². The van der Waals surface area contributed by atoms with E-state index in [-0.39, 0.29) is 24.4 Å². The zero-order valence-electron chi connectivity index (χ0n) is 14.7. The number of carbonyl (C=O) groups excluding carboxylic acids is 3. The summed E-state index contributed by atoms with van der Waals surface area (Å²) in [5.74, 6) is 0.109. The number of H-pyrrole nitrogens is 1. The number of likely N-dealkylation sites (N-methyl/N-ethyl adjacent to an activating group) is 1. The van der Waals surface area contributed by atoms with E-state index >= 15 is 0 Å². The first-order valence-corrected chi connectivity index (χ1v) is 8.43. The molecule has 2 atom stereocenters. The van der Waals surface area contributed by atoms with Crippen LogP contribution in [-0.4, -0.2) is 70.6 Å². The number of urea groups is 1. The molecule has 0 aliphatic carbocycles. The molecular weight excluding hydrogens is 324 g/mol. The van der Waals surface area contributed by atoms with Gasteiger partial charge < -0.3 is 20.9 Å². The normalized spacial score (nSPS) is 19.7. The fourth-order valence-corrected chi connectivity index (χ4v) is 3.01. The molecule has 0 aromatic carbocycles. The fraction of sp³-hybridized carbons (Fsp3) is 0.625. The van der Waals surface area contributed by atoms with Crippen molar-refractivity contribution in [3.63, 3.8) is 0 Å². The third-order valence-corrected chi connectivity index (χ3v) is 4.65. The van der Waals surface area contributed by atoms with Crippen LogP contribution in [0.5, 0.6) is 0 Å². The Morgan fingerprint density at radius 1 is 1.48 bits per heavy atom. The molecule has 2 rings (SSSR count). The summed E-state index contributed by atoms with van der Waals surface area (Å²) in [5.41, 5.74) is 6.11. The fourth-order valence-electron chi connectivity index (χ4n) is 3.01. The molecule has 2 unspecified atom stereocenters. The summed E-state index contributed by atoms with van der Waals surface area (Å²) in [5, 5.41) is 9.41. The molecule has 0 radical (unpaired) electrons. The quantitative estimate of drug-likeness (QED) is 0.625. The predicted octanol–water partition coefficient (Wildman–Crippen LogP) is -0.294. The van der Waals surface area contributed by atoms with E-state index < -0.39 is 6.03 Å². The second-order valence-corrected chi connectivity index (χ2v) is 6.53. The van der Waals surface area contributed by atoms with Crippen LogP contribution >= 0.6 is 0 Å². The van der Waals surface area contributed by atoms with Crippen molar-refractivity contribution < 1.29 is 14.4 Å². The number of hydrogen-bond acceptors (Lipinski definition) is 4. The molecule has 4 amide bonds. The first-order chi connectivity index (χ1) is 11.9. The highest BCUT2D eigenvalue weighted by atomic mass is 16.2. The maximum atomic E-state index is 12.5. The van der Waals surface area contributed by atoms with Crippen LogP contribution in [0.4, 0.5) is 4.79 Å². The van der Waals surface area contributed by atoms with E-state index in [0.29, 0.717) is 31.8 Å². The Morgan fingerprint density at radius 2 is 2.24 bits per heavy atom. The van der Waals surface area contributed by atoms with Gasteiger partial charge in [-0.2, -0.15) is 5.10 Å². The Balaban J connectivity index is 1.83. The van der Waals surface area contributed by atoms with E-state index in [9.17, 15) is 14.4 Å². The van der Waals surface area contributed by atoms with Crippen molar-refractivity contribution in [2.45, 2.75) is 32.2 Å². The first kappa shape index (κ1) is 18.8.